The molecule has 3 aromatic rings. The van der Waals surface area contributed by atoms with Gasteiger partial charge in [0.1, 0.15) is 0 Å². The minimum absolute atomic E-state index is 0.752. The van der Waals surface area contributed by atoms with Crippen molar-refractivity contribution in [3.63, 3.8) is 0 Å². The Kier molecular flexibility index (Phi) is 3.79. The van der Waals surface area contributed by atoms with E-state index in [9.17, 15) is 0 Å². The Morgan fingerprint density at radius 2 is 1.95 bits per heavy atom. The first-order valence-electron chi connectivity index (χ1n) is 7.74. The molecule has 1 saturated carbocycles. The van der Waals surface area contributed by atoms with Gasteiger partial charge in [0.15, 0.2) is 0 Å². The van der Waals surface area contributed by atoms with E-state index >= 15 is 0 Å². The molecule has 112 valence electrons. The highest BCUT2D eigenvalue weighted by Gasteiger charge is 2.29. The number of hydrogen-bond donors (Lipinski definition) is 0. The van der Waals surface area contributed by atoms with Crippen LogP contribution in [-0.4, -0.2) is 20.7 Å². The Morgan fingerprint density at radius 1 is 1.09 bits per heavy atom. The second kappa shape index (κ2) is 6.07. The molecule has 1 aliphatic carbocycles. The Bertz CT molecular complexity index is 714. The van der Waals surface area contributed by atoms with Gasteiger partial charge in [-0.3, -0.25) is 4.90 Å². The summed E-state index contributed by atoms with van der Waals surface area (Å²) < 4.78 is 1.96. The molecule has 1 fully saturated rings. The third-order valence-electron chi connectivity index (χ3n) is 4.04. The highest BCUT2D eigenvalue weighted by molar-refractivity contribution is 7.09. The van der Waals surface area contributed by atoms with Gasteiger partial charge in [-0.05, 0) is 36.4 Å². The van der Waals surface area contributed by atoms with Crippen molar-refractivity contribution in [1.82, 2.24) is 14.7 Å². The largest absolute Gasteiger partial charge is 0.291 e. The van der Waals surface area contributed by atoms with Crippen molar-refractivity contribution in [2.24, 2.45) is 0 Å². The van der Waals surface area contributed by atoms with Crippen molar-refractivity contribution in [3.05, 3.63) is 70.7 Å². The van der Waals surface area contributed by atoms with Gasteiger partial charge in [-0.15, -0.1) is 11.3 Å². The van der Waals surface area contributed by atoms with Crippen molar-refractivity contribution in [1.29, 1.82) is 0 Å². The molecule has 0 spiro atoms. The summed E-state index contributed by atoms with van der Waals surface area (Å²) in [6.45, 7) is 2.04. The van der Waals surface area contributed by atoms with E-state index in [0.29, 0.717) is 0 Å². The molecule has 2 aromatic heterocycles. The Hall–Kier alpha value is -1.91. The normalized spacial score (nSPS) is 14.6. The molecule has 0 amide bonds. The summed E-state index contributed by atoms with van der Waals surface area (Å²) in [6, 6.07) is 15.4. The van der Waals surface area contributed by atoms with E-state index in [-0.39, 0.29) is 0 Å². The zero-order valence-electron chi connectivity index (χ0n) is 12.4. The molecule has 0 bridgehead atoms. The highest BCUT2D eigenvalue weighted by atomic mass is 32.1. The molecule has 2 heterocycles. The smallest absolute Gasteiger partial charge is 0.0645 e. The van der Waals surface area contributed by atoms with E-state index in [0.717, 1.165) is 24.8 Å². The molecule has 4 heteroatoms. The zero-order valence-corrected chi connectivity index (χ0v) is 13.2. The van der Waals surface area contributed by atoms with Crippen LogP contribution in [-0.2, 0) is 13.1 Å². The van der Waals surface area contributed by atoms with Gasteiger partial charge in [-0.25, -0.2) is 4.68 Å². The van der Waals surface area contributed by atoms with E-state index in [2.05, 4.69) is 45.8 Å². The summed E-state index contributed by atoms with van der Waals surface area (Å²) in [5.41, 5.74) is 2.40. The van der Waals surface area contributed by atoms with Crippen LogP contribution < -0.4 is 0 Å². The van der Waals surface area contributed by atoms with Crippen molar-refractivity contribution >= 4 is 11.3 Å². The third-order valence-corrected chi connectivity index (χ3v) is 4.91. The molecule has 1 aliphatic rings. The lowest BCUT2D eigenvalue weighted by atomic mass is 10.3. The molecule has 0 unspecified atom stereocenters. The number of rotatable bonds is 6. The molecule has 1 aromatic carbocycles. The van der Waals surface area contributed by atoms with Crippen LogP contribution in [0, 0.1) is 0 Å². The molecule has 22 heavy (non-hydrogen) atoms. The first kappa shape index (κ1) is 13.7. The SMILES string of the molecule is c1ccc(-n2cc(CN(Cc3cccs3)C3CC3)cn2)cc1. The van der Waals surface area contributed by atoms with Crippen LogP contribution in [0.15, 0.2) is 60.2 Å². The maximum absolute atomic E-state index is 4.51. The lowest BCUT2D eigenvalue weighted by molar-refractivity contribution is 0.248. The number of thiophene rings is 1. The number of para-hydroxylation sites is 1. The van der Waals surface area contributed by atoms with Gasteiger partial charge in [0, 0.05) is 35.8 Å². The predicted molar refractivity (Wildman–Crippen MR) is 90.2 cm³/mol. The second-order valence-corrected chi connectivity index (χ2v) is 6.88. The lowest BCUT2D eigenvalue weighted by Crippen LogP contribution is -2.24. The highest BCUT2D eigenvalue weighted by Crippen LogP contribution is 2.30. The summed E-state index contributed by atoms with van der Waals surface area (Å²) in [5, 5.41) is 6.67. The maximum atomic E-state index is 4.51. The topological polar surface area (TPSA) is 21.1 Å². The summed E-state index contributed by atoms with van der Waals surface area (Å²) in [5.74, 6) is 0. The van der Waals surface area contributed by atoms with Crippen molar-refractivity contribution in [2.75, 3.05) is 0 Å². The van der Waals surface area contributed by atoms with E-state index < -0.39 is 0 Å². The van der Waals surface area contributed by atoms with E-state index in [1.165, 1.54) is 23.3 Å². The van der Waals surface area contributed by atoms with Gasteiger partial charge in [-0.1, -0.05) is 24.3 Å². The average molecular weight is 309 g/mol. The van der Waals surface area contributed by atoms with E-state index in [1.807, 2.05) is 40.4 Å². The number of nitrogens with zero attached hydrogens (tertiary/aromatic N) is 3. The quantitative estimate of drug-likeness (QED) is 0.683. The third kappa shape index (κ3) is 3.13. The van der Waals surface area contributed by atoms with Crippen LogP contribution in [0.25, 0.3) is 5.69 Å². The standard InChI is InChI=1S/C18H19N3S/c1-2-5-17(6-3-1)21-13-15(11-19-21)12-20(16-8-9-16)14-18-7-4-10-22-18/h1-7,10-11,13,16H,8-9,12,14H2. The van der Waals surface area contributed by atoms with Gasteiger partial charge in [0.05, 0.1) is 11.9 Å². The maximum Gasteiger partial charge on any atom is 0.0645 e. The van der Waals surface area contributed by atoms with Crippen LogP contribution in [0.5, 0.6) is 0 Å². The van der Waals surface area contributed by atoms with Crippen LogP contribution in [0.3, 0.4) is 0 Å². The molecular formula is C18H19N3S. The molecule has 3 nitrogen and oxygen atoms in total. The minimum atomic E-state index is 0.752. The van der Waals surface area contributed by atoms with Crippen molar-refractivity contribution in [3.8, 4) is 5.69 Å². The first-order valence-corrected chi connectivity index (χ1v) is 8.62. The monoisotopic (exact) mass is 309 g/mol. The molecule has 0 N–H and O–H groups in total. The van der Waals surface area contributed by atoms with Gasteiger partial charge in [0.25, 0.3) is 0 Å². The summed E-state index contributed by atoms with van der Waals surface area (Å²) in [4.78, 5) is 4.03. The number of benzene rings is 1. The Morgan fingerprint density at radius 3 is 2.68 bits per heavy atom. The molecule has 4 rings (SSSR count). The molecule has 0 atom stereocenters. The van der Waals surface area contributed by atoms with Crippen LogP contribution in [0.4, 0.5) is 0 Å². The fraction of sp³-hybridized carbons (Fsp3) is 0.278. The summed E-state index contributed by atoms with van der Waals surface area (Å²) in [7, 11) is 0. The molecule has 0 radical (unpaired) electrons. The van der Waals surface area contributed by atoms with Gasteiger partial charge in [0.2, 0.25) is 0 Å². The number of hydrogen-bond acceptors (Lipinski definition) is 3. The fourth-order valence-corrected chi connectivity index (χ4v) is 3.48. The summed E-state index contributed by atoms with van der Waals surface area (Å²) in [6.07, 6.45) is 6.81. The van der Waals surface area contributed by atoms with Crippen molar-refractivity contribution in [2.45, 2.75) is 32.0 Å². The van der Waals surface area contributed by atoms with E-state index in [4.69, 9.17) is 0 Å². The first-order chi connectivity index (χ1) is 10.9. The van der Waals surface area contributed by atoms with E-state index in [1.54, 1.807) is 0 Å². The minimum Gasteiger partial charge on any atom is -0.291 e. The molecule has 0 saturated heterocycles. The van der Waals surface area contributed by atoms with Crippen LogP contribution in [0.2, 0.25) is 0 Å². The second-order valence-electron chi connectivity index (χ2n) is 5.84. The Balaban J connectivity index is 1.48. The van der Waals surface area contributed by atoms with Gasteiger partial charge < -0.3 is 0 Å². The van der Waals surface area contributed by atoms with Gasteiger partial charge in [-0.2, -0.15) is 5.10 Å². The van der Waals surface area contributed by atoms with Crippen molar-refractivity contribution < 1.29 is 0 Å². The zero-order chi connectivity index (χ0) is 14.8. The Labute approximate surface area is 134 Å². The molecular weight excluding hydrogens is 290 g/mol. The van der Waals surface area contributed by atoms with Crippen LogP contribution >= 0.6 is 11.3 Å². The fourth-order valence-electron chi connectivity index (χ4n) is 2.75. The predicted octanol–water partition coefficient (Wildman–Crippen LogP) is 4.10. The molecule has 0 aliphatic heterocycles. The number of aromatic nitrogens is 2. The summed E-state index contributed by atoms with van der Waals surface area (Å²) >= 11 is 1.85. The lowest BCUT2D eigenvalue weighted by Gasteiger charge is -2.20. The average Bonchev–Trinajstić information content (AvgIpc) is 3.08. The van der Waals surface area contributed by atoms with Gasteiger partial charge >= 0.3 is 0 Å². The van der Waals surface area contributed by atoms with Crippen LogP contribution in [0.1, 0.15) is 23.3 Å².